The molecule has 2 N–H and O–H groups in total. The highest BCUT2D eigenvalue weighted by atomic mass is 35.5. The molecule has 0 saturated carbocycles. The Labute approximate surface area is 196 Å². The number of aromatic nitrogens is 3. The molecular formula is C23H26ClN5O4. The summed E-state index contributed by atoms with van der Waals surface area (Å²) in [5.41, 5.74) is 1.96. The minimum Gasteiger partial charge on any atom is -0.465 e. The Morgan fingerprint density at radius 1 is 1.03 bits per heavy atom. The van der Waals surface area contributed by atoms with Gasteiger partial charge in [-0.15, -0.1) is 0 Å². The Kier molecular flexibility index (Phi) is 6.71. The van der Waals surface area contributed by atoms with E-state index in [0.29, 0.717) is 48.9 Å². The second-order valence-electron chi connectivity index (χ2n) is 7.97. The maximum Gasteiger partial charge on any atom is 0.407 e. The molecule has 33 heavy (non-hydrogen) atoms. The van der Waals surface area contributed by atoms with Crippen molar-refractivity contribution in [3.8, 4) is 5.69 Å². The SMILES string of the molecule is CCC(C(O)c1ccc(Cl)cc1)n1ncn(-c2ccc(N3CCN(C(=O)O)CC3)cc2)c1=O. The summed E-state index contributed by atoms with van der Waals surface area (Å²) < 4.78 is 2.77. The fourth-order valence-corrected chi connectivity index (χ4v) is 4.24. The Morgan fingerprint density at radius 2 is 1.64 bits per heavy atom. The molecule has 3 aromatic rings. The van der Waals surface area contributed by atoms with E-state index in [1.807, 2.05) is 31.2 Å². The number of benzene rings is 2. The van der Waals surface area contributed by atoms with Crippen LogP contribution in [0.4, 0.5) is 10.5 Å². The fourth-order valence-electron chi connectivity index (χ4n) is 4.11. The molecule has 1 saturated heterocycles. The number of carboxylic acid groups (broad SMARTS) is 1. The Balaban J connectivity index is 1.52. The van der Waals surface area contributed by atoms with Crippen LogP contribution in [-0.4, -0.2) is 61.7 Å². The molecule has 0 bridgehead atoms. The zero-order chi connectivity index (χ0) is 23.5. The predicted octanol–water partition coefficient (Wildman–Crippen LogP) is 3.17. The van der Waals surface area contributed by atoms with Gasteiger partial charge in [-0.2, -0.15) is 5.10 Å². The number of hydrogen-bond acceptors (Lipinski definition) is 5. The molecule has 1 fully saturated rings. The van der Waals surface area contributed by atoms with Crippen molar-refractivity contribution < 1.29 is 15.0 Å². The Bertz CT molecular complexity index is 1150. The van der Waals surface area contributed by atoms with Crippen molar-refractivity contribution in [2.45, 2.75) is 25.5 Å². The third-order valence-electron chi connectivity index (χ3n) is 6.05. The number of rotatable bonds is 6. The minimum absolute atomic E-state index is 0.335. The average molecular weight is 472 g/mol. The number of halogens is 1. The maximum absolute atomic E-state index is 13.1. The number of piperazine rings is 1. The zero-order valence-corrected chi connectivity index (χ0v) is 19.0. The third kappa shape index (κ3) is 4.74. The van der Waals surface area contributed by atoms with Crippen molar-refractivity contribution in [1.29, 1.82) is 0 Å². The highest BCUT2D eigenvalue weighted by Gasteiger charge is 2.25. The fraction of sp³-hybridized carbons (Fsp3) is 0.348. The number of hydrogen-bond donors (Lipinski definition) is 2. The van der Waals surface area contributed by atoms with E-state index < -0.39 is 18.2 Å². The number of amides is 1. The third-order valence-corrected chi connectivity index (χ3v) is 6.30. The normalized spacial score (nSPS) is 16.0. The van der Waals surface area contributed by atoms with Crippen molar-refractivity contribution >= 4 is 23.4 Å². The van der Waals surface area contributed by atoms with Crippen molar-refractivity contribution in [3.05, 3.63) is 75.9 Å². The number of anilines is 1. The zero-order valence-electron chi connectivity index (χ0n) is 18.2. The van der Waals surface area contributed by atoms with Crippen LogP contribution in [0.25, 0.3) is 5.69 Å². The molecule has 9 nitrogen and oxygen atoms in total. The van der Waals surface area contributed by atoms with Crippen molar-refractivity contribution in [2.75, 3.05) is 31.1 Å². The van der Waals surface area contributed by atoms with Crippen molar-refractivity contribution in [2.24, 2.45) is 0 Å². The van der Waals surface area contributed by atoms with E-state index in [2.05, 4.69) is 10.00 Å². The van der Waals surface area contributed by atoms with Gasteiger partial charge in [0, 0.05) is 36.9 Å². The molecule has 0 spiro atoms. The molecule has 1 amide bonds. The molecule has 0 radical (unpaired) electrons. The van der Waals surface area contributed by atoms with Crippen LogP contribution >= 0.6 is 11.6 Å². The van der Waals surface area contributed by atoms with Crippen LogP contribution in [0.15, 0.2) is 59.7 Å². The first-order valence-electron chi connectivity index (χ1n) is 10.8. The van der Waals surface area contributed by atoms with E-state index >= 15 is 0 Å². The summed E-state index contributed by atoms with van der Waals surface area (Å²) in [6.07, 6.45) is 0.176. The predicted molar refractivity (Wildman–Crippen MR) is 125 cm³/mol. The molecule has 1 aliphatic heterocycles. The van der Waals surface area contributed by atoms with E-state index in [0.717, 1.165) is 5.69 Å². The molecule has 2 atom stereocenters. The van der Waals surface area contributed by atoms with Gasteiger partial charge >= 0.3 is 11.8 Å². The largest absolute Gasteiger partial charge is 0.465 e. The van der Waals surface area contributed by atoms with Crippen LogP contribution in [-0.2, 0) is 0 Å². The molecule has 10 heteroatoms. The van der Waals surface area contributed by atoms with Crippen molar-refractivity contribution in [3.63, 3.8) is 0 Å². The second kappa shape index (κ2) is 9.68. The monoisotopic (exact) mass is 471 g/mol. The van der Waals surface area contributed by atoms with Crippen LogP contribution < -0.4 is 10.6 Å². The Hall–Kier alpha value is -3.30. The number of aliphatic hydroxyl groups excluding tert-OH is 1. The van der Waals surface area contributed by atoms with E-state index in [1.165, 1.54) is 20.5 Å². The lowest BCUT2D eigenvalue weighted by Crippen LogP contribution is -2.48. The molecule has 2 unspecified atom stereocenters. The van der Waals surface area contributed by atoms with Gasteiger partial charge in [0.2, 0.25) is 0 Å². The quantitative estimate of drug-likeness (QED) is 0.572. The first-order valence-corrected chi connectivity index (χ1v) is 11.2. The second-order valence-corrected chi connectivity index (χ2v) is 8.41. The van der Waals surface area contributed by atoms with Gasteiger partial charge in [0.1, 0.15) is 12.4 Å². The summed E-state index contributed by atoms with van der Waals surface area (Å²) in [7, 11) is 0. The van der Waals surface area contributed by atoms with Crippen LogP contribution in [0.2, 0.25) is 5.02 Å². The van der Waals surface area contributed by atoms with Crippen LogP contribution in [0.5, 0.6) is 0 Å². The summed E-state index contributed by atoms with van der Waals surface area (Å²) >= 11 is 5.94. The average Bonchev–Trinajstić information content (AvgIpc) is 3.21. The van der Waals surface area contributed by atoms with Crippen molar-refractivity contribution in [1.82, 2.24) is 19.2 Å². The summed E-state index contributed by atoms with van der Waals surface area (Å²) in [4.78, 5) is 27.7. The molecule has 4 rings (SSSR count). The maximum atomic E-state index is 13.1. The van der Waals surface area contributed by atoms with Crippen LogP contribution in [0.3, 0.4) is 0 Å². The lowest BCUT2D eigenvalue weighted by molar-refractivity contribution is 0.101. The molecular weight excluding hydrogens is 446 g/mol. The Morgan fingerprint density at radius 3 is 2.21 bits per heavy atom. The number of nitrogens with zero attached hydrogens (tertiary/aromatic N) is 5. The molecule has 0 aliphatic carbocycles. The lowest BCUT2D eigenvalue weighted by atomic mass is 10.0. The summed E-state index contributed by atoms with van der Waals surface area (Å²) in [6.45, 7) is 4.04. The van der Waals surface area contributed by atoms with Gasteiger partial charge in [0.05, 0.1) is 11.7 Å². The molecule has 2 heterocycles. The first-order chi connectivity index (χ1) is 15.9. The summed E-state index contributed by atoms with van der Waals surface area (Å²) in [5, 5.41) is 24.8. The van der Waals surface area contributed by atoms with Gasteiger partial charge in [-0.3, -0.25) is 0 Å². The van der Waals surface area contributed by atoms with E-state index in [4.69, 9.17) is 16.7 Å². The van der Waals surface area contributed by atoms with Crippen LogP contribution in [0, 0.1) is 0 Å². The van der Waals surface area contributed by atoms with Gasteiger partial charge in [-0.05, 0) is 48.4 Å². The standard InChI is InChI=1S/C23H26ClN5O4/c1-2-20(21(30)16-3-5-17(24)6-4-16)29-22(31)28(15-25-29)19-9-7-18(8-10-19)26-11-13-27(14-12-26)23(32)33/h3-10,15,20-21,30H,2,11-14H2,1H3,(H,32,33). The summed E-state index contributed by atoms with van der Waals surface area (Å²) in [5.74, 6) is 0. The molecule has 1 aromatic heterocycles. The van der Waals surface area contributed by atoms with E-state index in [9.17, 15) is 14.7 Å². The number of aliphatic hydroxyl groups is 1. The van der Waals surface area contributed by atoms with Gasteiger partial charge in [-0.1, -0.05) is 30.7 Å². The van der Waals surface area contributed by atoms with E-state index in [-0.39, 0.29) is 5.69 Å². The summed E-state index contributed by atoms with van der Waals surface area (Å²) in [6, 6.07) is 13.9. The highest BCUT2D eigenvalue weighted by molar-refractivity contribution is 6.30. The van der Waals surface area contributed by atoms with Gasteiger partial charge < -0.3 is 20.0 Å². The van der Waals surface area contributed by atoms with Gasteiger partial charge in [-0.25, -0.2) is 18.8 Å². The lowest BCUT2D eigenvalue weighted by Gasteiger charge is -2.34. The van der Waals surface area contributed by atoms with Gasteiger partial charge in [0.25, 0.3) is 0 Å². The molecule has 1 aliphatic rings. The van der Waals surface area contributed by atoms with E-state index in [1.54, 1.807) is 24.3 Å². The molecule has 174 valence electrons. The first kappa shape index (κ1) is 22.9. The topological polar surface area (TPSA) is 104 Å². The van der Waals surface area contributed by atoms with Gasteiger partial charge in [0.15, 0.2) is 0 Å². The minimum atomic E-state index is -0.903. The highest BCUT2D eigenvalue weighted by Crippen LogP contribution is 2.28. The molecule has 2 aromatic carbocycles. The number of carbonyl (C=O) groups is 1. The smallest absolute Gasteiger partial charge is 0.407 e. The van der Waals surface area contributed by atoms with Crippen LogP contribution in [0.1, 0.15) is 31.1 Å².